The Morgan fingerprint density at radius 2 is 1.59 bits per heavy atom. The van der Waals surface area contributed by atoms with Gasteiger partial charge in [0, 0.05) is 5.92 Å². The van der Waals surface area contributed by atoms with Gasteiger partial charge in [-0.1, -0.05) is 72.7 Å². The van der Waals surface area contributed by atoms with E-state index in [9.17, 15) is 0 Å². The minimum atomic E-state index is 0.499. The average molecular weight is 250 g/mol. The van der Waals surface area contributed by atoms with Gasteiger partial charge >= 0.3 is 0 Å². The largest absolute Gasteiger partial charge is 0.0995 e. The molecule has 0 saturated carbocycles. The quantitative estimate of drug-likeness (QED) is 0.523. The summed E-state index contributed by atoms with van der Waals surface area (Å²) in [5.41, 5.74) is 2.66. The Morgan fingerprint density at radius 1 is 1.12 bits per heavy atom. The van der Waals surface area contributed by atoms with Gasteiger partial charge in [0.05, 0.1) is 0 Å². The van der Waals surface area contributed by atoms with Crippen LogP contribution in [-0.2, 0) is 0 Å². The number of hydrogen-bond donors (Lipinski definition) is 0. The zero-order chi connectivity index (χ0) is 13.4. The van der Waals surface area contributed by atoms with Crippen molar-refractivity contribution in [2.75, 3.05) is 6.66 Å². The van der Waals surface area contributed by atoms with Crippen LogP contribution < -0.4 is 5.30 Å². The number of allylic oxidation sites excluding steroid dienone is 1. The lowest BCUT2D eigenvalue weighted by atomic mass is 9.84. The third-order valence-corrected chi connectivity index (χ3v) is 3.67. The molecule has 0 fully saturated rings. The van der Waals surface area contributed by atoms with E-state index in [4.69, 9.17) is 0 Å². The van der Waals surface area contributed by atoms with E-state index in [1.807, 2.05) is 13.8 Å². The summed E-state index contributed by atoms with van der Waals surface area (Å²) in [7, 11) is 0.887. The lowest BCUT2D eigenvalue weighted by molar-refractivity contribution is 0.556. The van der Waals surface area contributed by atoms with Crippen molar-refractivity contribution in [2.24, 2.45) is 5.92 Å². The Kier molecular flexibility index (Phi) is 8.17. The van der Waals surface area contributed by atoms with E-state index in [2.05, 4.69) is 58.3 Å². The van der Waals surface area contributed by atoms with E-state index in [-0.39, 0.29) is 0 Å². The standard InChI is InChI=1S/C14H21P.C2H6/c1-10(2)14(11(3)4)12-6-8-13(15-5)9-7-12;1-2/h6-9,11,14-15H,1H2,2-5H3;1-2H3. The molecule has 0 amide bonds. The maximum atomic E-state index is 4.10. The lowest BCUT2D eigenvalue weighted by Gasteiger charge is -2.21. The van der Waals surface area contributed by atoms with E-state index in [0.717, 1.165) is 8.58 Å². The molecule has 0 spiro atoms. The molecule has 1 rings (SSSR count). The third-order valence-electron chi connectivity index (χ3n) is 2.76. The molecule has 17 heavy (non-hydrogen) atoms. The zero-order valence-corrected chi connectivity index (χ0v) is 13.2. The molecule has 1 aromatic rings. The third kappa shape index (κ3) is 5.04. The molecule has 0 aromatic heterocycles. The maximum Gasteiger partial charge on any atom is 0.00657 e. The summed E-state index contributed by atoms with van der Waals surface area (Å²) in [6.45, 7) is 17.0. The predicted octanol–water partition coefficient (Wildman–Crippen LogP) is 4.96. The van der Waals surface area contributed by atoms with Crippen LogP contribution in [0.2, 0.25) is 0 Å². The Hall–Kier alpha value is -0.610. The van der Waals surface area contributed by atoms with Crippen molar-refractivity contribution in [1.82, 2.24) is 0 Å². The topological polar surface area (TPSA) is 0 Å². The molecule has 0 heterocycles. The maximum absolute atomic E-state index is 4.10. The van der Waals surface area contributed by atoms with Crippen molar-refractivity contribution < 1.29 is 0 Å². The second-order valence-corrected chi connectivity index (χ2v) is 5.52. The summed E-state index contributed by atoms with van der Waals surface area (Å²) in [5.74, 6) is 1.12. The second-order valence-electron chi connectivity index (χ2n) is 4.44. The summed E-state index contributed by atoms with van der Waals surface area (Å²) in [4.78, 5) is 0. The molecule has 0 aliphatic carbocycles. The van der Waals surface area contributed by atoms with Gasteiger partial charge in [-0.2, -0.15) is 0 Å². The fraction of sp³-hybridized carbons (Fsp3) is 0.500. The van der Waals surface area contributed by atoms with Crippen molar-refractivity contribution in [3.63, 3.8) is 0 Å². The molecule has 1 aromatic carbocycles. The molecule has 0 bridgehead atoms. The normalized spacial score (nSPS) is 12.4. The number of benzene rings is 1. The second kappa shape index (κ2) is 8.48. The molecule has 0 N–H and O–H groups in total. The van der Waals surface area contributed by atoms with Gasteiger partial charge in [0.1, 0.15) is 0 Å². The van der Waals surface area contributed by atoms with Gasteiger partial charge in [0.25, 0.3) is 0 Å². The highest BCUT2D eigenvalue weighted by Crippen LogP contribution is 2.30. The Morgan fingerprint density at radius 3 is 1.88 bits per heavy atom. The zero-order valence-electron chi connectivity index (χ0n) is 12.2. The van der Waals surface area contributed by atoms with Crippen molar-refractivity contribution in [1.29, 1.82) is 0 Å². The molecule has 1 heteroatoms. The smallest absolute Gasteiger partial charge is 0.00657 e. The van der Waals surface area contributed by atoms with Gasteiger partial charge in [-0.25, -0.2) is 0 Å². The van der Waals surface area contributed by atoms with Crippen molar-refractivity contribution in [3.8, 4) is 0 Å². The van der Waals surface area contributed by atoms with E-state index >= 15 is 0 Å². The molecule has 2 atom stereocenters. The van der Waals surface area contributed by atoms with Crippen LogP contribution in [0.15, 0.2) is 36.4 Å². The van der Waals surface area contributed by atoms with Crippen molar-refractivity contribution in [3.05, 3.63) is 42.0 Å². The molecule has 0 radical (unpaired) electrons. The van der Waals surface area contributed by atoms with Crippen LogP contribution in [0.25, 0.3) is 0 Å². The SMILES string of the molecule is C=C(C)C(c1ccc(PC)cc1)C(C)C.CC. The van der Waals surface area contributed by atoms with Gasteiger partial charge in [-0.15, -0.1) is 0 Å². The first kappa shape index (κ1) is 16.4. The highest BCUT2D eigenvalue weighted by molar-refractivity contribution is 7.46. The summed E-state index contributed by atoms with van der Waals surface area (Å²) >= 11 is 0. The minimum absolute atomic E-state index is 0.499. The van der Waals surface area contributed by atoms with Crippen molar-refractivity contribution >= 4 is 13.9 Å². The molecule has 0 nitrogen and oxygen atoms in total. The Balaban J connectivity index is 0.00000121. The van der Waals surface area contributed by atoms with Crippen LogP contribution >= 0.6 is 8.58 Å². The Labute approximate surface area is 109 Å². The van der Waals surface area contributed by atoms with E-state index in [0.29, 0.717) is 11.8 Å². The summed E-state index contributed by atoms with van der Waals surface area (Å²) in [6, 6.07) is 8.99. The van der Waals surface area contributed by atoms with Gasteiger partial charge in [0.15, 0.2) is 0 Å². The van der Waals surface area contributed by atoms with E-state index in [1.165, 1.54) is 16.4 Å². The predicted molar refractivity (Wildman–Crippen MR) is 84.1 cm³/mol. The molecule has 2 unspecified atom stereocenters. The summed E-state index contributed by atoms with van der Waals surface area (Å²) < 4.78 is 0. The van der Waals surface area contributed by atoms with Gasteiger partial charge in [0.2, 0.25) is 0 Å². The highest BCUT2D eigenvalue weighted by Gasteiger charge is 2.15. The summed E-state index contributed by atoms with van der Waals surface area (Å²) in [5, 5.41) is 1.43. The fourth-order valence-electron chi connectivity index (χ4n) is 2.10. The highest BCUT2D eigenvalue weighted by atomic mass is 31.1. The number of rotatable bonds is 4. The van der Waals surface area contributed by atoms with Gasteiger partial charge < -0.3 is 0 Å². The molecule has 0 aliphatic rings. The molecule has 0 saturated heterocycles. The van der Waals surface area contributed by atoms with Gasteiger partial charge in [-0.05, 0) is 30.4 Å². The lowest BCUT2D eigenvalue weighted by Crippen LogP contribution is -2.08. The Bertz CT molecular complexity index is 322. The van der Waals surface area contributed by atoms with E-state index in [1.54, 1.807) is 0 Å². The van der Waals surface area contributed by atoms with Gasteiger partial charge in [-0.3, -0.25) is 0 Å². The molecule has 0 aliphatic heterocycles. The van der Waals surface area contributed by atoms with Crippen LogP contribution in [0.5, 0.6) is 0 Å². The minimum Gasteiger partial charge on any atom is -0.0995 e. The monoisotopic (exact) mass is 250 g/mol. The molecular weight excluding hydrogens is 223 g/mol. The fourth-order valence-corrected chi connectivity index (χ4v) is 2.60. The van der Waals surface area contributed by atoms with Crippen LogP contribution in [0.3, 0.4) is 0 Å². The van der Waals surface area contributed by atoms with E-state index < -0.39 is 0 Å². The first-order valence-electron chi connectivity index (χ1n) is 6.49. The first-order chi connectivity index (χ1) is 8.06. The molecule has 96 valence electrons. The van der Waals surface area contributed by atoms with Crippen LogP contribution in [0.1, 0.15) is 46.1 Å². The van der Waals surface area contributed by atoms with Crippen LogP contribution in [0.4, 0.5) is 0 Å². The first-order valence-corrected chi connectivity index (χ1v) is 7.99. The van der Waals surface area contributed by atoms with Crippen LogP contribution in [0, 0.1) is 5.92 Å². The van der Waals surface area contributed by atoms with Crippen molar-refractivity contribution in [2.45, 2.75) is 40.5 Å². The summed E-state index contributed by atoms with van der Waals surface area (Å²) in [6.07, 6.45) is 0. The number of hydrogen-bond acceptors (Lipinski definition) is 0. The molecular formula is C16H27P. The van der Waals surface area contributed by atoms with Crippen LogP contribution in [-0.4, -0.2) is 6.66 Å². The average Bonchev–Trinajstić information content (AvgIpc) is 2.32.